The lowest BCUT2D eigenvalue weighted by Crippen LogP contribution is -2.42. The molecule has 1 amide bonds. The highest BCUT2D eigenvalue weighted by molar-refractivity contribution is 5.91. The van der Waals surface area contributed by atoms with E-state index < -0.39 is 0 Å². The Kier molecular flexibility index (Phi) is 8.22. The second-order valence-electron chi connectivity index (χ2n) is 6.12. The Hall–Kier alpha value is -2.96. The Balaban J connectivity index is 1.74. The molecule has 1 heterocycles. The second-order valence-corrected chi connectivity index (χ2v) is 6.12. The smallest absolute Gasteiger partial charge is 0.287 e. The number of carbonyl (C=O) groups excluding carboxylic acids is 1. The minimum atomic E-state index is -0.232. The molecule has 1 atom stereocenters. The third kappa shape index (κ3) is 7.43. The van der Waals surface area contributed by atoms with Crippen LogP contribution in [0.5, 0.6) is 5.75 Å². The number of aliphatic imine (C=N–C) groups is 1. The number of hydrogen-bond acceptors (Lipinski definition) is 4. The molecule has 7 nitrogen and oxygen atoms in total. The highest BCUT2D eigenvalue weighted by Crippen LogP contribution is 2.14. The van der Waals surface area contributed by atoms with Crippen molar-refractivity contribution in [2.75, 3.05) is 26.2 Å². The van der Waals surface area contributed by atoms with Gasteiger partial charge >= 0.3 is 0 Å². The van der Waals surface area contributed by atoms with Gasteiger partial charge in [-0.05, 0) is 50.6 Å². The monoisotopic (exact) mass is 372 g/mol. The van der Waals surface area contributed by atoms with Crippen LogP contribution in [0.1, 0.15) is 30.0 Å². The van der Waals surface area contributed by atoms with Crippen LogP contribution in [0.25, 0.3) is 0 Å². The van der Waals surface area contributed by atoms with Gasteiger partial charge in [0, 0.05) is 19.6 Å². The van der Waals surface area contributed by atoms with Crippen molar-refractivity contribution in [2.24, 2.45) is 4.99 Å². The van der Waals surface area contributed by atoms with Crippen LogP contribution in [0.15, 0.2) is 52.1 Å². The number of nitrogens with zero attached hydrogens (tertiary/aromatic N) is 1. The van der Waals surface area contributed by atoms with Crippen LogP contribution in [-0.2, 0) is 0 Å². The Labute approximate surface area is 160 Å². The van der Waals surface area contributed by atoms with Gasteiger partial charge < -0.3 is 25.1 Å². The van der Waals surface area contributed by atoms with Crippen molar-refractivity contribution in [3.8, 4) is 5.75 Å². The van der Waals surface area contributed by atoms with E-state index in [-0.39, 0.29) is 12.0 Å². The van der Waals surface area contributed by atoms with Crippen LogP contribution < -0.4 is 20.7 Å². The quantitative estimate of drug-likeness (QED) is 0.357. The van der Waals surface area contributed by atoms with Gasteiger partial charge in [0.1, 0.15) is 11.9 Å². The van der Waals surface area contributed by atoms with Crippen molar-refractivity contribution in [1.29, 1.82) is 0 Å². The maximum atomic E-state index is 11.8. The average Bonchev–Trinajstić information content (AvgIpc) is 3.18. The molecule has 3 N–H and O–H groups in total. The number of amides is 1. The van der Waals surface area contributed by atoms with Crippen molar-refractivity contribution in [3.05, 3.63) is 54.0 Å². The Morgan fingerprint density at radius 3 is 2.70 bits per heavy atom. The summed E-state index contributed by atoms with van der Waals surface area (Å²) < 4.78 is 10.9. The molecule has 1 aromatic heterocycles. The zero-order valence-electron chi connectivity index (χ0n) is 16.1. The van der Waals surface area contributed by atoms with Gasteiger partial charge in [-0.15, -0.1) is 0 Å². The summed E-state index contributed by atoms with van der Waals surface area (Å²) in [7, 11) is 0. The normalized spacial score (nSPS) is 12.3. The number of furan rings is 1. The summed E-state index contributed by atoms with van der Waals surface area (Å²) >= 11 is 0. The first-order chi connectivity index (χ1) is 13.1. The second kappa shape index (κ2) is 10.9. The molecule has 27 heavy (non-hydrogen) atoms. The van der Waals surface area contributed by atoms with E-state index in [2.05, 4.69) is 20.9 Å². The van der Waals surface area contributed by atoms with Crippen LogP contribution >= 0.6 is 0 Å². The van der Waals surface area contributed by atoms with Crippen LogP contribution in [0.3, 0.4) is 0 Å². The standard InChI is InChI=1S/C20H28N4O3/c1-4-21-20(23-11-10-22-19(25)18-9-6-12-26-18)24-14-16(3)27-17-8-5-7-15(2)13-17/h5-9,12-13,16H,4,10-11,14H2,1-3H3,(H,22,25)(H2,21,23,24). The predicted octanol–water partition coefficient (Wildman–Crippen LogP) is 2.34. The van der Waals surface area contributed by atoms with Gasteiger partial charge in [-0.3, -0.25) is 4.79 Å². The number of hydrogen-bond donors (Lipinski definition) is 3. The zero-order chi connectivity index (χ0) is 19.5. The molecule has 146 valence electrons. The largest absolute Gasteiger partial charge is 0.489 e. The van der Waals surface area contributed by atoms with E-state index >= 15 is 0 Å². The van der Waals surface area contributed by atoms with E-state index in [1.54, 1.807) is 12.1 Å². The van der Waals surface area contributed by atoms with E-state index in [0.29, 0.717) is 31.4 Å². The van der Waals surface area contributed by atoms with Gasteiger partial charge in [-0.1, -0.05) is 12.1 Å². The van der Waals surface area contributed by atoms with E-state index in [0.717, 1.165) is 17.9 Å². The lowest BCUT2D eigenvalue weighted by Gasteiger charge is -2.15. The summed E-state index contributed by atoms with van der Waals surface area (Å²) in [4.78, 5) is 16.3. The molecular weight excluding hydrogens is 344 g/mol. The van der Waals surface area contributed by atoms with E-state index in [4.69, 9.17) is 9.15 Å². The molecule has 0 spiro atoms. The molecule has 0 saturated heterocycles. The summed E-state index contributed by atoms with van der Waals surface area (Å²) in [5, 5.41) is 9.15. The molecule has 1 unspecified atom stereocenters. The Bertz CT molecular complexity index is 729. The fourth-order valence-corrected chi connectivity index (χ4v) is 2.37. The van der Waals surface area contributed by atoms with Crippen LogP contribution in [-0.4, -0.2) is 44.1 Å². The number of carbonyl (C=O) groups is 1. The molecule has 2 rings (SSSR count). The van der Waals surface area contributed by atoms with Crippen LogP contribution in [0.4, 0.5) is 0 Å². The van der Waals surface area contributed by atoms with Gasteiger partial charge in [0.15, 0.2) is 11.7 Å². The fraction of sp³-hybridized carbons (Fsp3) is 0.400. The lowest BCUT2D eigenvalue weighted by molar-refractivity contribution is 0.0926. The topological polar surface area (TPSA) is 87.9 Å². The summed E-state index contributed by atoms with van der Waals surface area (Å²) in [6, 6.07) is 11.3. The van der Waals surface area contributed by atoms with Gasteiger partial charge in [-0.2, -0.15) is 0 Å². The minimum Gasteiger partial charge on any atom is -0.489 e. The molecule has 0 saturated carbocycles. The number of aryl methyl sites for hydroxylation is 1. The molecule has 0 aliphatic carbocycles. The van der Waals surface area contributed by atoms with Gasteiger partial charge in [0.05, 0.1) is 12.8 Å². The van der Waals surface area contributed by atoms with Crippen molar-refractivity contribution in [2.45, 2.75) is 26.9 Å². The minimum absolute atomic E-state index is 0.0547. The summed E-state index contributed by atoms with van der Waals surface area (Å²) in [5.74, 6) is 1.60. The van der Waals surface area contributed by atoms with E-state index in [1.807, 2.05) is 45.0 Å². The summed E-state index contributed by atoms with van der Waals surface area (Å²) in [6.45, 7) is 8.29. The van der Waals surface area contributed by atoms with Crippen LogP contribution in [0.2, 0.25) is 0 Å². The number of benzene rings is 1. The molecule has 0 radical (unpaired) electrons. The van der Waals surface area contributed by atoms with Crippen molar-refractivity contribution in [1.82, 2.24) is 16.0 Å². The predicted molar refractivity (Wildman–Crippen MR) is 106 cm³/mol. The lowest BCUT2D eigenvalue weighted by atomic mass is 10.2. The summed E-state index contributed by atoms with van der Waals surface area (Å²) in [6.07, 6.45) is 1.42. The first-order valence-corrected chi connectivity index (χ1v) is 9.15. The Morgan fingerprint density at radius 1 is 1.19 bits per heavy atom. The van der Waals surface area contributed by atoms with E-state index in [9.17, 15) is 4.79 Å². The van der Waals surface area contributed by atoms with Gasteiger partial charge in [0.25, 0.3) is 5.91 Å². The first-order valence-electron chi connectivity index (χ1n) is 9.15. The molecule has 0 aliphatic heterocycles. The van der Waals surface area contributed by atoms with Crippen molar-refractivity contribution < 1.29 is 13.9 Å². The number of nitrogens with one attached hydrogen (secondary N) is 3. The fourth-order valence-electron chi connectivity index (χ4n) is 2.37. The first kappa shape index (κ1) is 20.4. The van der Waals surface area contributed by atoms with Crippen molar-refractivity contribution >= 4 is 11.9 Å². The molecule has 7 heteroatoms. The molecule has 0 fully saturated rings. The summed E-state index contributed by atoms with van der Waals surface area (Å²) in [5.41, 5.74) is 1.16. The maximum Gasteiger partial charge on any atom is 0.287 e. The number of guanidine groups is 1. The average molecular weight is 372 g/mol. The number of ether oxygens (including phenoxy) is 1. The number of rotatable bonds is 9. The van der Waals surface area contributed by atoms with E-state index in [1.165, 1.54) is 6.26 Å². The van der Waals surface area contributed by atoms with Gasteiger partial charge in [-0.25, -0.2) is 4.99 Å². The molecule has 2 aromatic rings. The highest BCUT2D eigenvalue weighted by atomic mass is 16.5. The van der Waals surface area contributed by atoms with Gasteiger partial charge in [0.2, 0.25) is 0 Å². The van der Waals surface area contributed by atoms with Crippen molar-refractivity contribution in [3.63, 3.8) is 0 Å². The molecular formula is C20H28N4O3. The van der Waals surface area contributed by atoms with Crippen LogP contribution in [0, 0.1) is 6.92 Å². The third-order valence-corrected chi connectivity index (χ3v) is 3.63. The third-order valence-electron chi connectivity index (χ3n) is 3.63. The molecule has 0 bridgehead atoms. The SMILES string of the molecule is CCNC(=NCC(C)Oc1cccc(C)c1)NCCNC(=O)c1ccco1. The molecule has 1 aromatic carbocycles. The highest BCUT2D eigenvalue weighted by Gasteiger charge is 2.07. The maximum absolute atomic E-state index is 11.8. The Morgan fingerprint density at radius 2 is 2.00 bits per heavy atom. The zero-order valence-corrected chi connectivity index (χ0v) is 16.1. The molecule has 0 aliphatic rings.